The minimum atomic E-state index is -0.944. The molecule has 2 aliphatic heterocycles. The van der Waals surface area contributed by atoms with E-state index >= 15 is 0 Å². The van der Waals surface area contributed by atoms with Crippen molar-refractivity contribution >= 4 is 23.6 Å². The van der Waals surface area contributed by atoms with Crippen LogP contribution in [0.1, 0.15) is 20.8 Å². The number of cyclic esters (lactones) is 1. The van der Waals surface area contributed by atoms with Gasteiger partial charge in [0.05, 0.1) is 18.3 Å². The van der Waals surface area contributed by atoms with Gasteiger partial charge >= 0.3 is 12.2 Å². The largest absolute Gasteiger partial charge is 0.444 e. The van der Waals surface area contributed by atoms with E-state index in [0.29, 0.717) is 13.1 Å². The van der Waals surface area contributed by atoms with Crippen molar-refractivity contribution in [2.45, 2.75) is 38.7 Å². The number of ether oxygens (including phenoxy) is 3. The summed E-state index contributed by atoms with van der Waals surface area (Å²) in [5.74, 6) is -1.57. The molecule has 8 nitrogen and oxygen atoms in total. The third kappa shape index (κ3) is 4.36. The molecule has 0 aromatic heterocycles. The summed E-state index contributed by atoms with van der Waals surface area (Å²) in [5, 5.41) is 0. The molecular weight excluding hydrogens is 388 g/mol. The molecule has 2 amide bonds. The summed E-state index contributed by atoms with van der Waals surface area (Å²) in [6.45, 7) is 5.84. The fourth-order valence-corrected chi connectivity index (χ4v) is 3.09. The first-order valence-electron chi connectivity index (χ1n) is 9.21. The molecule has 0 bridgehead atoms. The highest BCUT2D eigenvalue weighted by Crippen LogP contribution is 2.33. The maximum absolute atomic E-state index is 14.6. The van der Waals surface area contributed by atoms with Crippen LogP contribution in [0.4, 0.5) is 29.7 Å². The molecule has 1 aromatic rings. The van der Waals surface area contributed by atoms with Crippen molar-refractivity contribution in [3.63, 3.8) is 0 Å². The van der Waals surface area contributed by atoms with E-state index in [1.807, 2.05) is 0 Å². The van der Waals surface area contributed by atoms with E-state index in [2.05, 4.69) is 0 Å². The van der Waals surface area contributed by atoms with Crippen molar-refractivity contribution in [3.8, 4) is 0 Å². The monoisotopic (exact) mass is 413 g/mol. The Morgan fingerprint density at radius 3 is 2.31 bits per heavy atom. The van der Waals surface area contributed by atoms with Crippen LogP contribution < -0.4 is 9.80 Å². The van der Waals surface area contributed by atoms with Gasteiger partial charge in [0.1, 0.15) is 11.3 Å². The van der Waals surface area contributed by atoms with Crippen molar-refractivity contribution in [2.75, 3.05) is 43.6 Å². The highest BCUT2D eigenvalue weighted by Gasteiger charge is 2.39. The topological polar surface area (TPSA) is 71.6 Å². The SMILES string of the molecule is COC1CN(c2c(F)cc(N3C[C@@H](N(C)C(=O)OC(C)(C)C)OC3=O)cc2F)C1. The maximum atomic E-state index is 14.6. The number of methoxy groups -OCH3 is 1. The Labute approximate surface area is 167 Å². The number of anilines is 2. The quantitative estimate of drug-likeness (QED) is 0.756. The van der Waals surface area contributed by atoms with Crippen LogP contribution in [0.15, 0.2) is 12.1 Å². The first-order valence-corrected chi connectivity index (χ1v) is 9.21. The Morgan fingerprint density at radius 2 is 1.79 bits per heavy atom. The molecule has 0 N–H and O–H groups in total. The lowest BCUT2D eigenvalue weighted by molar-refractivity contribution is -0.00992. The summed E-state index contributed by atoms with van der Waals surface area (Å²) in [5.41, 5.74) is -0.858. The van der Waals surface area contributed by atoms with Crippen molar-refractivity contribution in [1.29, 1.82) is 0 Å². The van der Waals surface area contributed by atoms with Gasteiger partial charge in [-0.25, -0.2) is 18.4 Å². The normalized spacial score (nSPS) is 19.8. The van der Waals surface area contributed by atoms with Gasteiger partial charge in [0, 0.05) is 39.4 Å². The number of rotatable bonds is 4. The average molecular weight is 413 g/mol. The number of likely N-dealkylation sites (N-methyl/N-ethyl adjacent to an activating group) is 1. The minimum absolute atomic E-state index is 0.0117. The summed E-state index contributed by atoms with van der Waals surface area (Å²) in [6.07, 6.45) is -2.48. The molecule has 160 valence electrons. The van der Waals surface area contributed by atoms with Gasteiger partial charge in [0.2, 0.25) is 0 Å². The maximum Gasteiger partial charge on any atom is 0.416 e. The van der Waals surface area contributed by atoms with Gasteiger partial charge in [-0.15, -0.1) is 0 Å². The molecule has 1 aromatic carbocycles. The summed E-state index contributed by atoms with van der Waals surface area (Å²) in [4.78, 5) is 28.2. The molecule has 0 unspecified atom stereocenters. The van der Waals surface area contributed by atoms with Crippen LogP contribution >= 0.6 is 0 Å². The van der Waals surface area contributed by atoms with Crippen molar-refractivity contribution in [2.24, 2.45) is 0 Å². The number of amides is 2. The second-order valence-electron chi connectivity index (χ2n) is 8.06. The van der Waals surface area contributed by atoms with Gasteiger partial charge in [-0.05, 0) is 20.8 Å². The third-order valence-corrected chi connectivity index (χ3v) is 4.72. The van der Waals surface area contributed by atoms with Crippen molar-refractivity contribution in [3.05, 3.63) is 23.8 Å². The number of hydrogen-bond acceptors (Lipinski definition) is 6. The molecule has 2 aliphatic rings. The Bertz CT molecular complexity index is 785. The van der Waals surface area contributed by atoms with Gasteiger partial charge in [0.25, 0.3) is 0 Å². The zero-order valence-electron chi connectivity index (χ0n) is 17.1. The molecule has 0 aliphatic carbocycles. The first kappa shape index (κ1) is 21.1. The second kappa shape index (κ2) is 7.66. The van der Waals surface area contributed by atoms with Gasteiger partial charge < -0.3 is 19.1 Å². The fourth-order valence-electron chi connectivity index (χ4n) is 3.09. The van der Waals surface area contributed by atoms with Crippen LogP contribution in [-0.2, 0) is 14.2 Å². The van der Waals surface area contributed by atoms with Crippen LogP contribution in [0.3, 0.4) is 0 Å². The van der Waals surface area contributed by atoms with E-state index in [4.69, 9.17) is 14.2 Å². The zero-order chi connectivity index (χ0) is 21.5. The first-order chi connectivity index (χ1) is 13.5. The lowest BCUT2D eigenvalue weighted by Gasteiger charge is -2.40. The molecule has 1 atom stereocenters. The molecule has 2 heterocycles. The van der Waals surface area contributed by atoms with E-state index in [1.54, 1.807) is 27.9 Å². The Kier molecular flexibility index (Phi) is 5.57. The summed E-state index contributed by atoms with van der Waals surface area (Å²) in [6, 6.07) is 2.16. The lowest BCUT2D eigenvalue weighted by Crippen LogP contribution is -2.52. The molecular formula is C19H25F2N3O5. The van der Waals surface area contributed by atoms with E-state index in [1.165, 1.54) is 11.9 Å². The van der Waals surface area contributed by atoms with E-state index < -0.39 is 35.6 Å². The third-order valence-electron chi connectivity index (χ3n) is 4.72. The summed E-state index contributed by atoms with van der Waals surface area (Å²) < 4.78 is 44.7. The number of hydrogen-bond donors (Lipinski definition) is 0. The van der Waals surface area contributed by atoms with Gasteiger partial charge in [0.15, 0.2) is 17.9 Å². The smallest absolute Gasteiger partial charge is 0.416 e. The Morgan fingerprint density at radius 1 is 1.21 bits per heavy atom. The van der Waals surface area contributed by atoms with Crippen LogP contribution in [0.2, 0.25) is 0 Å². The number of halogens is 2. The number of nitrogens with zero attached hydrogens (tertiary/aromatic N) is 3. The van der Waals surface area contributed by atoms with Crippen LogP contribution in [0, 0.1) is 11.6 Å². The Hall–Kier alpha value is -2.62. The van der Waals surface area contributed by atoms with Gasteiger partial charge in [-0.3, -0.25) is 9.80 Å². The van der Waals surface area contributed by atoms with Crippen LogP contribution in [-0.4, -0.2) is 68.8 Å². The van der Waals surface area contributed by atoms with Crippen molar-refractivity contribution < 1.29 is 32.6 Å². The van der Waals surface area contributed by atoms with Gasteiger partial charge in [-0.2, -0.15) is 0 Å². The molecule has 0 saturated carbocycles. The molecule has 0 spiro atoms. The van der Waals surface area contributed by atoms with Crippen LogP contribution in [0.25, 0.3) is 0 Å². The summed E-state index contributed by atoms with van der Waals surface area (Å²) >= 11 is 0. The number of carbonyl (C=O) groups is 2. The fraction of sp³-hybridized carbons (Fsp3) is 0.579. The molecule has 3 rings (SSSR count). The van der Waals surface area contributed by atoms with Crippen LogP contribution in [0.5, 0.6) is 0 Å². The highest BCUT2D eigenvalue weighted by atomic mass is 19.1. The number of carbonyl (C=O) groups excluding carboxylic acids is 2. The van der Waals surface area contributed by atoms with E-state index in [9.17, 15) is 18.4 Å². The molecule has 2 fully saturated rings. The zero-order valence-corrected chi connectivity index (χ0v) is 17.1. The predicted octanol–water partition coefficient (Wildman–Crippen LogP) is 2.95. The highest BCUT2D eigenvalue weighted by molar-refractivity contribution is 5.90. The summed E-state index contributed by atoms with van der Waals surface area (Å²) in [7, 11) is 2.97. The van der Waals surface area contributed by atoms with Crippen molar-refractivity contribution in [1.82, 2.24) is 4.90 Å². The van der Waals surface area contributed by atoms with E-state index in [0.717, 1.165) is 21.9 Å². The lowest BCUT2D eigenvalue weighted by atomic mass is 10.1. The second-order valence-corrected chi connectivity index (χ2v) is 8.06. The molecule has 29 heavy (non-hydrogen) atoms. The minimum Gasteiger partial charge on any atom is -0.444 e. The molecule has 0 radical (unpaired) electrons. The number of benzene rings is 1. The average Bonchev–Trinajstić information content (AvgIpc) is 2.95. The Balaban J connectivity index is 1.73. The standard InChI is InChI=1S/C19H25F2N3O5/c1-19(2,3)29-17(25)22(4)15-10-24(18(26)28-15)11-6-13(20)16(14(21)7-11)23-8-12(9-23)27-5/h6-7,12,15H,8-10H2,1-5H3/t15-/m0/s1. The molecule has 2 saturated heterocycles. The molecule has 10 heteroatoms. The van der Waals surface area contributed by atoms with E-state index in [-0.39, 0.29) is 24.0 Å². The predicted molar refractivity (Wildman–Crippen MR) is 101 cm³/mol. The van der Waals surface area contributed by atoms with Gasteiger partial charge in [-0.1, -0.05) is 0 Å².